The Hall–Kier alpha value is -3.81. The highest BCUT2D eigenvalue weighted by atomic mass is 16.1. The Morgan fingerprint density at radius 1 is 0.960 bits per heavy atom. The number of carbonyl (C=O) groups excluding carboxylic acids is 1. The Morgan fingerprint density at radius 3 is 2.52 bits per heavy atom. The summed E-state index contributed by atoms with van der Waals surface area (Å²) in [7, 11) is 0. The van der Waals surface area contributed by atoms with Gasteiger partial charge >= 0.3 is 0 Å². The third-order valence-corrected chi connectivity index (χ3v) is 3.53. The molecule has 1 aromatic carbocycles. The van der Waals surface area contributed by atoms with E-state index in [0.717, 1.165) is 5.69 Å². The predicted molar refractivity (Wildman–Crippen MR) is 92.7 cm³/mol. The maximum atomic E-state index is 12.4. The molecule has 8 nitrogen and oxygen atoms in total. The second kappa shape index (κ2) is 6.36. The molecular weight excluding hydrogens is 318 g/mol. The van der Waals surface area contributed by atoms with Crippen molar-refractivity contribution in [3.63, 3.8) is 0 Å². The molecule has 0 atom stereocenters. The molecule has 4 rings (SSSR count). The number of benzene rings is 1. The first-order valence-corrected chi connectivity index (χ1v) is 7.52. The molecular formula is C17H13N7O. The lowest BCUT2D eigenvalue weighted by molar-refractivity contribution is 0.102. The molecule has 2 N–H and O–H groups in total. The van der Waals surface area contributed by atoms with Gasteiger partial charge in [0.05, 0.1) is 23.5 Å². The van der Waals surface area contributed by atoms with Crippen molar-refractivity contribution in [1.82, 2.24) is 24.6 Å². The molecule has 0 bridgehead atoms. The Bertz CT molecular complexity index is 1010. The Labute approximate surface area is 142 Å². The Kier molecular flexibility index (Phi) is 3.76. The quantitative estimate of drug-likeness (QED) is 0.596. The van der Waals surface area contributed by atoms with Crippen LogP contribution in [0, 0.1) is 0 Å². The van der Waals surface area contributed by atoms with Crippen molar-refractivity contribution in [3.05, 3.63) is 73.1 Å². The van der Waals surface area contributed by atoms with Crippen LogP contribution in [0.15, 0.2) is 67.5 Å². The van der Waals surface area contributed by atoms with Crippen molar-refractivity contribution < 1.29 is 4.79 Å². The number of amides is 1. The summed E-state index contributed by atoms with van der Waals surface area (Å²) in [6, 6.07) is 9.02. The lowest BCUT2D eigenvalue weighted by atomic mass is 10.2. The van der Waals surface area contributed by atoms with Crippen molar-refractivity contribution in [1.29, 1.82) is 0 Å². The topological polar surface area (TPSA) is 97.1 Å². The molecule has 0 saturated carbocycles. The highest BCUT2D eigenvalue weighted by molar-refractivity contribution is 6.08. The van der Waals surface area contributed by atoms with E-state index in [4.69, 9.17) is 0 Å². The number of nitrogens with zero attached hydrogens (tertiary/aromatic N) is 5. The Morgan fingerprint density at radius 2 is 1.72 bits per heavy atom. The maximum absolute atomic E-state index is 12.4. The van der Waals surface area contributed by atoms with Gasteiger partial charge in [-0.1, -0.05) is 0 Å². The second-order valence-corrected chi connectivity index (χ2v) is 5.19. The van der Waals surface area contributed by atoms with E-state index in [1.807, 2.05) is 12.1 Å². The molecule has 8 heteroatoms. The zero-order valence-corrected chi connectivity index (χ0v) is 13.0. The molecule has 1 amide bonds. The van der Waals surface area contributed by atoms with Gasteiger partial charge < -0.3 is 10.6 Å². The fourth-order valence-corrected chi connectivity index (χ4v) is 2.34. The summed E-state index contributed by atoms with van der Waals surface area (Å²) in [5, 5.41) is 10.1. The number of hydrogen-bond acceptors (Lipinski definition) is 6. The monoisotopic (exact) mass is 331 g/mol. The van der Waals surface area contributed by atoms with Gasteiger partial charge in [0, 0.05) is 36.2 Å². The van der Waals surface area contributed by atoms with E-state index in [1.54, 1.807) is 53.7 Å². The van der Waals surface area contributed by atoms with Crippen LogP contribution in [0.2, 0.25) is 0 Å². The maximum Gasteiger partial charge on any atom is 0.259 e. The first-order valence-electron chi connectivity index (χ1n) is 7.52. The van der Waals surface area contributed by atoms with Crippen LogP contribution in [0.1, 0.15) is 10.4 Å². The molecule has 0 aliphatic heterocycles. The summed E-state index contributed by atoms with van der Waals surface area (Å²) < 4.78 is 1.61. The second-order valence-electron chi connectivity index (χ2n) is 5.19. The number of carbonyl (C=O) groups is 1. The molecule has 25 heavy (non-hydrogen) atoms. The van der Waals surface area contributed by atoms with E-state index in [-0.39, 0.29) is 5.91 Å². The van der Waals surface area contributed by atoms with E-state index in [1.165, 1.54) is 6.20 Å². The van der Waals surface area contributed by atoms with Crippen molar-refractivity contribution in [2.24, 2.45) is 0 Å². The molecule has 0 saturated heterocycles. The van der Waals surface area contributed by atoms with Gasteiger partial charge in [-0.2, -0.15) is 5.10 Å². The van der Waals surface area contributed by atoms with Crippen LogP contribution in [-0.4, -0.2) is 30.5 Å². The van der Waals surface area contributed by atoms with Gasteiger partial charge in [0.15, 0.2) is 0 Å². The summed E-state index contributed by atoms with van der Waals surface area (Å²) in [5.74, 6) is 0.272. The summed E-state index contributed by atoms with van der Waals surface area (Å²) in [6.45, 7) is 0. The van der Waals surface area contributed by atoms with Gasteiger partial charge in [-0.05, 0) is 30.3 Å². The van der Waals surface area contributed by atoms with Crippen LogP contribution < -0.4 is 10.6 Å². The molecule has 0 spiro atoms. The number of anilines is 3. The van der Waals surface area contributed by atoms with Crippen molar-refractivity contribution in [2.45, 2.75) is 0 Å². The highest BCUT2D eigenvalue weighted by Crippen LogP contribution is 2.18. The van der Waals surface area contributed by atoms with Crippen LogP contribution in [-0.2, 0) is 0 Å². The van der Waals surface area contributed by atoms with Crippen LogP contribution in [0.4, 0.5) is 17.3 Å². The first kappa shape index (κ1) is 14.8. The van der Waals surface area contributed by atoms with E-state index >= 15 is 0 Å². The number of hydrogen-bond donors (Lipinski definition) is 2. The number of rotatable bonds is 4. The standard InChI is InChI=1S/C17H13N7O/c25-16(14-10-21-24-9-8-18-11-15(14)24)22-12-2-4-13(5-3-12)23-17-19-6-1-7-20-17/h1-11H,(H,22,25)(H,19,20,23). The third kappa shape index (κ3) is 3.13. The average molecular weight is 331 g/mol. The first-order chi connectivity index (χ1) is 12.3. The largest absolute Gasteiger partial charge is 0.324 e. The zero-order valence-electron chi connectivity index (χ0n) is 13.0. The van der Waals surface area contributed by atoms with Crippen LogP contribution in [0.3, 0.4) is 0 Å². The molecule has 3 aromatic heterocycles. The number of aromatic nitrogens is 5. The smallest absolute Gasteiger partial charge is 0.259 e. The Balaban J connectivity index is 1.48. The number of nitrogens with one attached hydrogen (secondary N) is 2. The fourth-order valence-electron chi connectivity index (χ4n) is 2.34. The average Bonchev–Trinajstić information content (AvgIpc) is 3.08. The van der Waals surface area contributed by atoms with Crippen molar-refractivity contribution in [3.8, 4) is 0 Å². The third-order valence-electron chi connectivity index (χ3n) is 3.53. The molecule has 0 aliphatic rings. The summed E-state index contributed by atoms with van der Waals surface area (Å²) in [6.07, 6.45) is 9.76. The molecule has 0 fully saturated rings. The van der Waals surface area contributed by atoms with Crippen molar-refractivity contribution in [2.75, 3.05) is 10.6 Å². The molecule has 4 aromatic rings. The van der Waals surface area contributed by atoms with Gasteiger partial charge in [0.25, 0.3) is 5.91 Å². The summed E-state index contributed by atoms with van der Waals surface area (Å²) in [4.78, 5) is 24.7. The van der Waals surface area contributed by atoms with E-state index < -0.39 is 0 Å². The molecule has 122 valence electrons. The van der Waals surface area contributed by atoms with Crippen LogP contribution >= 0.6 is 0 Å². The van der Waals surface area contributed by atoms with Gasteiger partial charge in [-0.15, -0.1) is 0 Å². The number of fused-ring (bicyclic) bond motifs is 1. The molecule has 0 radical (unpaired) electrons. The minimum Gasteiger partial charge on any atom is -0.324 e. The van der Waals surface area contributed by atoms with Gasteiger partial charge in [-0.25, -0.2) is 14.5 Å². The zero-order chi connectivity index (χ0) is 17.1. The highest BCUT2D eigenvalue weighted by Gasteiger charge is 2.12. The molecule has 0 aliphatic carbocycles. The minimum absolute atomic E-state index is 0.241. The summed E-state index contributed by atoms with van der Waals surface area (Å²) in [5.41, 5.74) is 2.62. The van der Waals surface area contributed by atoms with Gasteiger partial charge in [-0.3, -0.25) is 9.78 Å². The van der Waals surface area contributed by atoms with Crippen LogP contribution in [0.5, 0.6) is 0 Å². The lowest BCUT2D eigenvalue weighted by Crippen LogP contribution is -2.11. The van der Waals surface area contributed by atoms with Crippen molar-refractivity contribution >= 4 is 28.7 Å². The minimum atomic E-state index is -0.241. The van der Waals surface area contributed by atoms with E-state index in [2.05, 4.69) is 30.7 Å². The molecule has 3 heterocycles. The lowest BCUT2D eigenvalue weighted by Gasteiger charge is -2.07. The normalized spacial score (nSPS) is 10.6. The van der Waals surface area contributed by atoms with Crippen LogP contribution in [0.25, 0.3) is 5.52 Å². The fraction of sp³-hybridized carbons (Fsp3) is 0. The van der Waals surface area contributed by atoms with Gasteiger partial charge in [0.2, 0.25) is 5.95 Å². The van der Waals surface area contributed by atoms with E-state index in [0.29, 0.717) is 22.7 Å². The summed E-state index contributed by atoms with van der Waals surface area (Å²) >= 11 is 0. The van der Waals surface area contributed by atoms with Gasteiger partial charge in [0.1, 0.15) is 0 Å². The SMILES string of the molecule is O=C(Nc1ccc(Nc2ncccn2)cc1)c1cnn2ccncc12. The predicted octanol–water partition coefficient (Wildman–Crippen LogP) is 2.52. The molecule has 0 unspecified atom stereocenters. The van der Waals surface area contributed by atoms with E-state index in [9.17, 15) is 4.79 Å².